The minimum Gasteiger partial charge on any atom is -0.350 e. The third kappa shape index (κ3) is 3.09. The summed E-state index contributed by atoms with van der Waals surface area (Å²) in [5.74, 6) is 1.67. The van der Waals surface area contributed by atoms with Gasteiger partial charge in [-0.3, -0.25) is 9.69 Å². The summed E-state index contributed by atoms with van der Waals surface area (Å²) in [6.07, 6.45) is 5.26. The Morgan fingerprint density at radius 1 is 1.38 bits per heavy atom. The van der Waals surface area contributed by atoms with Crippen molar-refractivity contribution in [3.63, 3.8) is 0 Å². The minimum atomic E-state index is -0.144. The summed E-state index contributed by atoms with van der Waals surface area (Å²) < 4.78 is 0. The Bertz CT molecular complexity index is 530. The fourth-order valence-electron chi connectivity index (χ4n) is 2.94. The lowest BCUT2D eigenvalue weighted by atomic mass is 10.0. The molecule has 2 fully saturated rings. The molecule has 1 aliphatic heterocycles. The lowest BCUT2D eigenvalue weighted by molar-refractivity contribution is -0.129. The molecule has 3 nitrogen and oxygen atoms in total. The van der Waals surface area contributed by atoms with Crippen LogP contribution in [-0.2, 0) is 4.79 Å². The molecule has 0 unspecified atom stereocenters. The second-order valence-electron chi connectivity index (χ2n) is 5.68. The van der Waals surface area contributed by atoms with E-state index in [0.29, 0.717) is 11.0 Å². The summed E-state index contributed by atoms with van der Waals surface area (Å²) in [7, 11) is 0. The van der Waals surface area contributed by atoms with Crippen LogP contribution in [0, 0.1) is 5.92 Å². The highest BCUT2D eigenvalue weighted by molar-refractivity contribution is 7.98. The van der Waals surface area contributed by atoms with Crippen LogP contribution in [0.15, 0.2) is 30.3 Å². The first-order valence-electron chi connectivity index (χ1n) is 7.40. The number of nitrogens with one attached hydrogen (secondary N) is 1. The molecule has 1 aromatic rings. The van der Waals surface area contributed by atoms with Gasteiger partial charge in [0.15, 0.2) is 5.11 Å². The summed E-state index contributed by atoms with van der Waals surface area (Å²) in [5.41, 5.74) is 1.20. The van der Waals surface area contributed by atoms with Crippen LogP contribution in [0.4, 0.5) is 0 Å². The summed E-state index contributed by atoms with van der Waals surface area (Å²) in [6, 6.07) is 10.3. The van der Waals surface area contributed by atoms with E-state index in [1.165, 1.54) is 18.4 Å². The van der Waals surface area contributed by atoms with Gasteiger partial charge < -0.3 is 5.32 Å². The van der Waals surface area contributed by atoms with Crippen LogP contribution in [0.25, 0.3) is 0 Å². The van der Waals surface area contributed by atoms with Gasteiger partial charge in [-0.15, -0.1) is 0 Å². The van der Waals surface area contributed by atoms with E-state index in [9.17, 15) is 4.79 Å². The number of thioether (sulfide) groups is 1. The molecule has 1 aliphatic carbocycles. The predicted molar refractivity (Wildman–Crippen MR) is 91.3 cm³/mol. The van der Waals surface area contributed by atoms with Crippen LogP contribution in [0.2, 0.25) is 0 Å². The van der Waals surface area contributed by atoms with Gasteiger partial charge in [0.05, 0.1) is 6.04 Å². The molecular formula is C16H20N2OS2. The largest absolute Gasteiger partial charge is 0.350 e. The van der Waals surface area contributed by atoms with E-state index in [2.05, 4.69) is 23.7 Å². The molecule has 1 saturated heterocycles. The van der Waals surface area contributed by atoms with Crippen molar-refractivity contribution >= 4 is 35.0 Å². The van der Waals surface area contributed by atoms with Crippen LogP contribution < -0.4 is 5.32 Å². The van der Waals surface area contributed by atoms with Gasteiger partial charge in [0.1, 0.15) is 6.04 Å². The summed E-state index contributed by atoms with van der Waals surface area (Å²) >= 11 is 7.22. The molecule has 1 heterocycles. The van der Waals surface area contributed by atoms with E-state index in [4.69, 9.17) is 12.2 Å². The first-order valence-corrected chi connectivity index (χ1v) is 9.20. The van der Waals surface area contributed by atoms with Gasteiger partial charge in [-0.05, 0) is 55.0 Å². The fourth-order valence-corrected chi connectivity index (χ4v) is 3.75. The summed E-state index contributed by atoms with van der Waals surface area (Å²) in [5, 5.41) is 3.82. The maximum absolute atomic E-state index is 12.7. The van der Waals surface area contributed by atoms with Crippen molar-refractivity contribution in [1.29, 1.82) is 0 Å². The number of hydrogen-bond acceptors (Lipinski definition) is 3. The zero-order chi connectivity index (χ0) is 14.8. The Kier molecular flexibility index (Phi) is 4.50. The van der Waals surface area contributed by atoms with E-state index in [0.717, 1.165) is 12.2 Å². The average molecular weight is 320 g/mol. The number of rotatable bonds is 6. The van der Waals surface area contributed by atoms with Crippen molar-refractivity contribution in [2.75, 3.05) is 12.0 Å². The van der Waals surface area contributed by atoms with Crippen LogP contribution in [-0.4, -0.2) is 34.0 Å². The van der Waals surface area contributed by atoms with Crippen LogP contribution in [0.1, 0.15) is 30.9 Å². The van der Waals surface area contributed by atoms with Crippen molar-refractivity contribution in [2.24, 2.45) is 5.92 Å². The molecule has 1 aromatic carbocycles. The van der Waals surface area contributed by atoms with Crippen LogP contribution in [0.3, 0.4) is 0 Å². The van der Waals surface area contributed by atoms with E-state index >= 15 is 0 Å². The number of benzene rings is 1. The summed E-state index contributed by atoms with van der Waals surface area (Å²) in [6.45, 7) is 0. The molecule has 0 radical (unpaired) electrons. The number of carbonyl (C=O) groups excluding carboxylic acids is 1. The molecule has 0 aromatic heterocycles. The molecule has 112 valence electrons. The monoisotopic (exact) mass is 320 g/mol. The van der Waals surface area contributed by atoms with E-state index in [-0.39, 0.29) is 18.0 Å². The lowest BCUT2D eigenvalue weighted by Gasteiger charge is -2.27. The zero-order valence-electron chi connectivity index (χ0n) is 12.1. The standard InChI is InChI=1S/C16H20N2OS2/c1-21-10-9-13-15(19)18(16(20)17-13)14(12-7-8-12)11-5-3-2-4-6-11/h2-6,12-14H,7-10H2,1H3,(H,17,20)/t13-,14+/m1/s1. The van der Waals surface area contributed by atoms with E-state index in [1.54, 1.807) is 11.8 Å². The number of hydrogen-bond donors (Lipinski definition) is 1. The molecule has 1 saturated carbocycles. The van der Waals surface area contributed by atoms with Gasteiger partial charge in [0.25, 0.3) is 5.91 Å². The van der Waals surface area contributed by atoms with Gasteiger partial charge >= 0.3 is 0 Å². The highest BCUT2D eigenvalue weighted by Crippen LogP contribution is 2.45. The third-order valence-corrected chi connectivity index (χ3v) is 5.11. The molecule has 0 bridgehead atoms. The van der Waals surface area contributed by atoms with Gasteiger partial charge in [-0.1, -0.05) is 30.3 Å². The number of amides is 1. The first kappa shape index (κ1) is 14.9. The van der Waals surface area contributed by atoms with E-state index in [1.807, 2.05) is 23.1 Å². The molecule has 5 heteroatoms. The second-order valence-corrected chi connectivity index (χ2v) is 7.06. The van der Waals surface area contributed by atoms with Gasteiger partial charge in [0.2, 0.25) is 0 Å². The Labute approximate surface area is 135 Å². The minimum absolute atomic E-state index is 0.109. The van der Waals surface area contributed by atoms with Crippen molar-refractivity contribution in [3.05, 3.63) is 35.9 Å². The van der Waals surface area contributed by atoms with Crippen molar-refractivity contribution in [1.82, 2.24) is 10.2 Å². The Morgan fingerprint density at radius 2 is 2.10 bits per heavy atom. The Balaban J connectivity index is 1.83. The normalized spacial score (nSPS) is 23.3. The van der Waals surface area contributed by atoms with Gasteiger partial charge in [-0.25, -0.2) is 0 Å². The molecule has 1 N–H and O–H groups in total. The molecule has 0 spiro atoms. The highest BCUT2D eigenvalue weighted by atomic mass is 32.2. The van der Waals surface area contributed by atoms with Crippen molar-refractivity contribution < 1.29 is 4.79 Å². The SMILES string of the molecule is CSCC[C@H]1NC(=S)N([C@@H](c2ccccc2)C2CC2)C1=O. The smallest absolute Gasteiger partial charge is 0.251 e. The molecule has 3 rings (SSSR count). The van der Waals surface area contributed by atoms with Crippen molar-refractivity contribution in [2.45, 2.75) is 31.3 Å². The van der Waals surface area contributed by atoms with Crippen LogP contribution in [0.5, 0.6) is 0 Å². The first-order chi connectivity index (χ1) is 10.2. The zero-order valence-corrected chi connectivity index (χ0v) is 13.8. The average Bonchev–Trinajstić information content (AvgIpc) is 3.29. The Morgan fingerprint density at radius 3 is 2.71 bits per heavy atom. The topological polar surface area (TPSA) is 32.3 Å². The van der Waals surface area contributed by atoms with Gasteiger partial charge in [0, 0.05) is 0 Å². The fraction of sp³-hybridized carbons (Fsp3) is 0.500. The van der Waals surface area contributed by atoms with Crippen molar-refractivity contribution in [3.8, 4) is 0 Å². The predicted octanol–water partition coefficient (Wildman–Crippen LogP) is 2.98. The highest BCUT2D eigenvalue weighted by Gasteiger charge is 2.45. The molecule has 1 amide bonds. The lowest BCUT2D eigenvalue weighted by Crippen LogP contribution is -2.36. The maximum atomic E-state index is 12.7. The number of nitrogens with zero attached hydrogens (tertiary/aromatic N) is 1. The Hall–Kier alpha value is -1.07. The molecule has 2 atom stereocenters. The molecule has 2 aliphatic rings. The quantitative estimate of drug-likeness (QED) is 0.817. The summed E-state index contributed by atoms with van der Waals surface area (Å²) in [4.78, 5) is 14.6. The maximum Gasteiger partial charge on any atom is 0.251 e. The molecular weight excluding hydrogens is 300 g/mol. The van der Waals surface area contributed by atoms with Crippen LogP contribution >= 0.6 is 24.0 Å². The number of thiocarbonyl (C=S) groups is 1. The number of carbonyl (C=O) groups is 1. The second kappa shape index (κ2) is 6.36. The third-order valence-electron chi connectivity index (χ3n) is 4.15. The van der Waals surface area contributed by atoms with Gasteiger partial charge in [-0.2, -0.15) is 11.8 Å². The van der Waals surface area contributed by atoms with E-state index < -0.39 is 0 Å². The molecule has 21 heavy (non-hydrogen) atoms.